The lowest BCUT2D eigenvalue weighted by molar-refractivity contribution is 0.0690. The van der Waals surface area contributed by atoms with Gasteiger partial charge in [-0.1, -0.05) is 13.8 Å². The van der Waals surface area contributed by atoms with Crippen LogP contribution in [-0.4, -0.2) is 27.1 Å². The summed E-state index contributed by atoms with van der Waals surface area (Å²) in [5.41, 5.74) is 0.00320. The van der Waals surface area contributed by atoms with Crippen LogP contribution in [0.15, 0.2) is 12.3 Å². The molecule has 0 aliphatic heterocycles. The number of aromatic nitrogens is 2. The maximum atomic E-state index is 10.7. The second kappa shape index (κ2) is 4.72. The number of nitrogens with zero attached hydrogens (tertiary/aromatic N) is 2. The number of carboxylic acids is 1. The van der Waals surface area contributed by atoms with Gasteiger partial charge in [0.2, 0.25) is 5.95 Å². The Morgan fingerprint density at radius 1 is 1.47 bits per heavy atom. The predicted molar refractivity (Wildman–Crippen MR) is 56.9 cm³/mol. The zero-order valence-corrected chi connectivity index (χ0v) is 9.06. The standard InChI is InChI=1S/C10H15N3O2/c1-6(2)7(3)12-10-11-5-4-8(13-10)9(14)15/h4-7H,1-3H3,(H,14,15)(H,11,12,13). The van der Waals surface area contributed by atoms with E-state index in [4.69, 9.17) is 5.11 Å². The van der Waals surface area contributed by atoms with Crippen LogP contribution in [0.25, 0.3) is 0 Å². The van der Waals surface area contributed by atoms with E-state index in [9.17, 15) is 4.79 Å². The first-order valence-corrected chi connectivity index (χ1v) is 4.83. The van der Waals surface area contributed by atoms with E-state index >= 15 is 0 Å². The smallest absolute Gasteiger partial charge is 0.354 e. The predicted octanol–water partition coefficient (Wildman–Crippen LogP) is 1.63. The third-order valence-electron chi connectivity index (χ3n) is 2.23. The van der Waals surface area contributed by atoms with Crippen molar-refractivity contribution in [1.82, 2.24) is 9.97 Å². The molecule has 0 spiro atoms. The van der Waals surface area contributed by atoms with Gasteiger partial charge < -0.3 is 10.4 Å². The van der Waals surface area contributed by atoms with Crippen LogP contribution in [0.2, 0.25) is 0 Å². The minimum Gasteiger partial charge on any atom is -0.477 e. The molecule has 0 aliphatic carbocycles. The molecule has 1 aromatic heterocycles. The first kappa shape index (κ1) is 11.4. The van der Waals surface area contributed by atoms with Gasteiger partial charge in [0, 0.05) is 12.2 Å². The molecule has 0 fully saturated rings. The second-order valence-corrected chi connectivity index (χ2v) is 3.75. The highest BCUT2D eigenvalue weighted by Crippen LogP contribution is 2.07. The molecule has 0 aromatic carbocycles. The fraction of sp³-hybridized carbons (Fsp3) is 0.500. The van der Waals surface area contributed by atoms with Gasteiger partial charge in [0.25, 0.3) is 0 Å². The Kier molecular flexibility index (Phi) is 3.60. The number of nitrogens with one attached hydrogen (secondary N) is 1. The highest BCUT2D eigenvalue weighted by atomic mass is 16.4. The summed E-state index contributed by atoms with van der Waals surface area (Å²) >= 11 is 0. The molecule has 0 amide bonds. The van der Waals surface area contributed by atoms with E-state index in [1.807, 2.05) is 6.92 Å². The van der Waals surface area contributed by atoms with Crippen molar-refractivity contribution in [3.05, 3.63) is 18.0 Å². The molecule has 1 aromatic rings. The van der Waals surface area contributed by atoms with Gasteiger partial charge in [-0.05, 0) is 18.9 Å². The molecular weight excluding hydrogens is 194 g/mol. The minimum absolute atomic E-state index is 0.00320. The molecule has 5 nitrogen and oxygen atoms in total. The van der Waals surface area contributed by atoms with E-state index in [0.717, 1.165) is 0 Å². The summed E-state index contributed by atoms with van der Waals surface area (Å²) < 4.78 is 0. The van der Waals surface area contributed by atoms with E-state index in [2.05, 4.69) is 29.1 Å². The Morgan fingerprint density at radius 2 is 2.13 bits per heavy atom. The van der Waals surface area contributed by atoms with E-state index in [1.165, 1.54) is 12.3 Å². The van der Waals surface area contributed by atoms with Crippen LogP contribution < -0.4 is 5.32 Å². The number of anilines is 1. The van der Waals surface area contributed by atoms with Gasteiger partial charge in [0.05, 0.1) is 0 Å². The average molecular weight is 209 g/mol. The van der Waals surface area contributed by atoms with Crippen molar-refractivity contribution in [2.24, 2.45) is 5.92 Å². The van der Waals surface area contributed by atoms with Crippen molar-refractivity contribution >= 4 is 11.9 Å². The molecule has 15 heavy (non-hydrogen) atoms. The Bertz CT molecular complexity index is 352. The number of rotatable bonds is 4. The molecule has 1 atom stereocenters. The van der Waals surface area contributed by atoms with Crippen molar-refractivity contribution < 1.29 is 9.90 Å². The molecule has 0 aliphatic rings. The molecule has 0 radical (unpaired) electrons. The molecule has 5 heteroatoms. The monoisotopic (exact) mass is 209 g/mol. The topological polar surface area (TPSA) is 75.1 Å². The zero-order valence-electron chi connectivity index (χ0n) is 9.06. The van der Waals surface area contributed by atoms with Gasteiger partial charge >= 0.3 is 5.97 Å². The van der Waals surface area contributed by atoms with Crippen LogP contribution in [0.3, 0.4) is 0 Å². The molecule has 82 valence electrons. The van der Waals surface area contributed by atoms with E-state index in [1.54, 1.807) is 0 Å². The van der Waals surface area contributed by atoms with Crippen LogP contribution in [0.1, 0.15) is 31.3 Å². The van der Waals surface area contributed by atoms with Crippen LogP contribution in [0.4, 0.5) is 5.95 Å². The van der Waals surface area contributed by atoms with Gasteiger partial charge in [-0.2, -0.15) is 0 Å². The zero-order chi connectivity index (χ0) is 11.4. The number of carbonyl (C=O) groups is 1. The summed E-state index contributed by atoms with van der Waals surface area (Å²) in [4.78, 5) is 18.5. The van der Waals surface area contributed by atoms with Crippen LogP contribution in [0.5, 0.6) is 0 Å². The molecule has 1 heterocycles. The fourth-order valence-electron chi connectivity index (χ4n) is 0.918. The molecule has 0 saturated carbocycles. The molecule has 0 bridgehead atoms. The van der Waals surface area contributed by atoms with Gasteiger partial charge in [0.1, 0.15) is 0 Å². The van der Waals surface area contributed by atoms with Crippen molar-refractivity contribution in [2.75, 3.05) is 5.32 Å². The van der Waals surface area contributed by atoms with Crippen molar-refractivity contribution in [2.45, 2.75) is 26.8 Å². The van der Waals surface area contributed by atoms with Crippen LogP contribution in [-0.2, 0) is 0 Å². The number of aromatic carboxylic acids is 1. The lowest BCUT2D eigenvalue weighted by Gasteiger charge is -2.17. The minimum atomic E-state index is -1.04. The second-order valence-electron chi connectivity index (χ2n) is 3.75. The van der Waals surface area contributed by atoms with Gasteiger partial charge in [-0.25, -0.2) is 14.8 Å². The average Bonchev–Trinajstić information content (AvgIpc) is 2.18. The fourth-order valence-corrected chi connectivity index (χ4v) is 0.918. The maximum absolute atomic E-state index is 10.7. The van der Waals surface area contributed by atoms with Gasteiger partial charge in [-0.15, -0.1) is 0 Å². The number of hydrogen-bond donors (Lipinski definition) is 2. The summed E-state index contributed by atoms with van der Waals surface area (Å²) in [6.07, 6.45) is 1.44. The van der Waals surface area contributed by atoms with E-state index in [-0.39, 0.29) is 11.7 Å². The summed E-state index contributed by atoms with van der Waals surface area (Å²) in [6, 6.07) is 1.57. The molecule has 1 unspecified atom stereocenters. The van der Waals surface area contributed by atoms with Gasteiger partial charge in [0.15, 0.2) is 5.69 Å². The maximum Gasteiger partial charge on any atom is 0.354 e. The largest absolute Gasteiger partial charge is 0.477 e. The summed E-state index contributed by atoms with van der Waals surface area (Å²) in [5.74, 6) is -0.254. The third-order valence-corrected chi connectivity index (χ3v) is 2.23. The Morgan fingerprint density at radius 3 is 2.67 bits per heavy atom. The normalized spacial score (nSPS) is 12.5. The van der Waals surface area contributed by atoms with Crippen molar-refractivity contribution in [3.8, 4) is 0 Å². The highest BCUT2D eigenvalue weighted by molar-refractivity contribution is 5.85. The van der Waals surface area contributed by atoms with Crippen LogP contribution >= 0.6 is 0 Å². The highest BCUT2D eigenvalue weighted by Gasteiger charge is 2.10. The van der Waals surface area contributed by atoms with Crippen molar-refractivity contribution in [3.63, 3.8) is 0 Å². The molecule has 2 N–H and O–H groups in total. The van der Waals surface area contributed by atoms with E-state index in [0.29, 0.717) is 11.9 Å². The SMILES string of the molecule is CC(C)C(C)Nc1nccc(C(=O)O)n1. The lowest BCUT2D eigenvalue weighted by atomic mass is 10.1. The Labute approximate surface area is 88.6 Å². The summed E-state index contributed by atoms with van der Waals surface area (Å²) in [7, 11) is 0. The summed E-state index contributed by atoms with van der Waals surface area (Å²) in [5, 5.41) is 11.8. The quantitative estimate of drug-likeness (QED) is 0.788. The van der Waals surface area contributed by atoms with E-state index < -0.39 is 5.97 Å². The molecule has 1 rings (SSSR count). The first-order valence-electron chi connectivity index (χ1n) is 4.83. The number of hydrogen-bond acceptors (Lipinski definition) is 4. The number of carboxylic acid groups (broad SMARTS) is 1. The first-order chi connectivity index (χ1) is 7.00. The molecular formula is C10H15N3O2. The van der Waals surface area contributed by atoms with Crippen molar-refractivity contribution in [1.29, 1.82) is 0 Å². The lowest BCUT2D eigenvalue weighted by Crippen LogP contribution is -2.23. The Hall–Kier alpha value is -1.65. The summed E-state index contributed by atoms with van der Waals surface area (Å²) in [6.45, 7) is 6.14. The Balaban J connectivity index is 2.78. The van der Waals surface area contributed by atoms with Crippen LogP contribution in [0, 0.1) is 5.92 Å². The molecule has 0 saturated heterocycles. The van der Waals surface area contributed by atoms with Gasteiger partial charge in [-0.3, -0.25) is 0 Å². The third kappa shape index (κ3) is 3.19.